The summed E-state index contributed by atoms with van der Waals surface area (Å²) >= 11 is 0. The van der Waals surface area contributed by atoms with Gasteiger partial charge in [-0.3, -0.25) is 14.4 Å². The minimum Gasteiger partial charge on any atom is -0.348 e. The largest absolute Gasteiger partial charge is 0.348 e. The summed E-state index contributed by atoms with van der Waals surface area (Å²) < 4.78 is 0. The first-order valence-electron chi connectivity index (χ1n) is 11.9. The van der Waals surface area contributed by atoms with Crippen LogP contribution < -0.4 is 16.0 Å². The number of carbonyl (C=O) groups excluding carboxylic acids is 3. The first kappa shape index (κ1) is 22.3. The quantitative estimate of drug-likeness (QED) is 0.512. The number of Topliss-reactive ketones (excluding diaryl/α,β-unsaturated/α-hetero) is 1. The van der Waals surface area contributed by atoms with Crippen LogP contribution in [0.25, 0.3) is 10.8 Å². The molecule has 3 unspecified atom stereocenters. The first-order chi connectivity index (χ1) is 16.5. The SMILES string of the molecule is CC(=O)c1ccc2cc(C(=O)NC3CNC(C(=O)NC4CCCc5ccccc54)C3)ccc2c1. The molecule has 2 amide bonds. The van der Waals surface area contributed by atoms with Crippen molar-refractivity contribution in [3.05, 3.63) is 82.9 Å². The van der Waals surface area contributed by atoms with E-state index in [1.807, 2.05) is 36.4 Å². The van der Waals surface area contributed by atoms with Gasteiger partial charge in [-0.1, -0.05) is 42.5 Å². The summed E-state index contributed by atoms with van der Waals surface area (Å²) in [6, 6.07) is 18.9. The Kier molecular flexibility index (Phi) is 6.16. The lowest BCUT2D eigenvalue weighted by atomic mass is 9.87. The molecular formula is C28H29N3O3. The zero-order chi connectivity index (χ0) is 23.7. The molecule has 3 N–H and O–H groups in total. The Morgan fingerprint density at radius 1 is 0.912 bits per heavy atom. The molecule has 3 aromatic rings. The van der Waals surface area contributed by atoms with E-state index >= 15 is 0 Å². The van der Waals surface area contributed by atoms with Crippen LogP contribution >= 0.6 is 0 Å². The van der Waals surface area contributed by atoms with E-state index in [1.165, 1.54) is 11.1 Å². The molecule has 1 saturated heterocycles. The number of nitrogens with one attached hydrogen (secondary N) is 3. The van der Waals surface area contributed by atoms with Crippen molar-refractivity contribution in [2.45, 2.75) is 50.7 Å². The molecule has 1 fully saturated rings. The smallest absolute Gasteiger partial charge is 0.251 e. The van der Waals surface area contributed by atoms with Crippen LogP contribution in [0, 0.1) is 0 Å². The minimum absolute atomic E-state index is 0.00886. The van der Waals surface area contributed by atoms with E-state index in [0.717, 1.165) is 30.0 Å². The average molecular weight is 456 g/mol. The van der Waals surface area contributed by atoms with Gasteiger partial charge in [0.25, 0.3) is 5.91 Å². The fourth-order valence-corrected chi connectivity index (χ4v) is 5.10. The molecule has 3 aromatic carbocycles. The highest BCUT2D eigenvalue weighted by Gasteiger charge is 2.32. The highest BCUT2D eigenvalue weighted by Crippen LogP contribution is 2.29. The Morgan fingerprint density at radius 2 is 1.65 bits per heavy atom. The molecule has 5 rings (SSSR count). The zero-order valence-corrected chi connectivity index (χ0v) is 19.3. The van der Waals surface area contributed by atoms with Crippen LogP contribution in [0.4, 0.5) is 0 Å². The van der Waals surface area contributed by atoms with Gasteiger partial charge in [0, 0.05) is 23.7 Å². The molecule has 0 aromatic heterocycles. The van der Waals surface area contributed by atoms with Crippen LogP contribution in [0.2, 0.25) is 0 Å². The van der Waals surface area contributed by atoms with E-state index in [-0.39, 0.29) is 35.7 Å². The maximum absolute atomic E-state index is 12.9. The summed E-state index contributed by atoms with van der Waals surface area (Å²) in [6.07, 6.45) is 3.64. The number of ketones is 1. The lowest BCUT2D eigenvalue weighted by Crippen LogP contribution is -2.42. The second-order valence-electron chi connectivity index (χ2n) is 9.35. The highest BCUT2D eigenvalue weighted by molar-refractivity contribution is 6.02. The fourth-order valence-electron chi connectivity index (χ4n) is 5.10. The molecule has 2 aliphatic rings. The molecule has 174 valence electrons. The number of amides is 2. The Morgan fingerprint density at radius 3 is 2.44 bits per heavy atom. The molecule has 1 aliphatic heterocycles. The second-order valence-corrected chi connectivity index (χ2v) is 9.35. The van der Waals surface area contributed by atoms with Crippen molar-refractivity contribution in [2.24, 2.45) is 0 Å². The molecule has 0 radical (unpaired) electrons. The van der Waals surface area contributed by atoms with Crippen molar-refractivity contribution in [1.29, 1.82) is 0 Å². The number of hydrogen-bond donors (Lipinski definition) is 3. The monoisotopic (exact) mass is 455 g/mol. The van der Waals surface area contributed by atoms with Gasteiger partial charge >= 0.3 is 0 Å². The van der Waals surface area contributed by atoms with E-state index in [1.54, 1.807) is 19.1 Å². The number of benzene rings is 3. The summed E-state index contributed by atoms with van der Waals surface area (Å²) in [6.45, 7) is 2.10. The fraction of sp³-hybridized carbons (Fsp3) is 0.321. The molecule has 0 spiro atoms. The van der Waals surface area contributed by atoms with Gasteiger partial charge in [-0.15, -0.1) is 0 Å². The Bertz CT molecular complexity index is 1270. The number of hydrogen-bond acceptors (Lipinski definition) is 4. The number of carbonyl (C=O) groups is 3. The summed E-state index contributed by atoms with van der Waals surface area (Å²) in [5.74, 6) is -0.152. The van der Waals surface area contributed by atoms with Crippen molar-refractivity contribution in [1.82, 2.24) is 16.0 Å². The maximum atomic E-state index is 12.9. The highest BCUT2D eigenvalue weighted by atomic mass is 16.2. The molecule has 6 nitrogen and oxygen atoms in total. The van der Waals surface area contributed by atoms with E-state index < -0.39 is 0 Å². The second kappa shape index (κ2) is 9.39. The van der Waals surface area contributed by atoms with Gasteiger partial charge in [0.05, 0.1) is 12.1 Å². The standard InChI is InChI=1S/C28H29N3O3/c1-17(32)19-9-10-21-14-22(12-11-20(21)13-19)27(33)30-23-15-26(29-16-23)28(34)31-25-8-4-6-18-5-2-3-7-24(18)25/h2-3,5,7,9-14,23,25-26,29H,4,6,8,15-16H2,1H3,(H,30,33)(H,31,34). The molecule has 1 aliphatic carbocycles. The maximum Gasteiger partial charge on any atom is 0.251 e. The summed E-state index contributed by atoms with van der Waals surface area (Å²) in [5.41, 5.74) is 3.76. The van der Waals surface area contributed by atoms with Crippen LogP contribution in [0.1, 0.15) is 64.1 Å². The van der Waals surface area contributed by atoms with Crippen molar-refractivity contribution >= 4 is 28.4 Å². The van der Waals surface area contributed by atoms with Crippen molar-refractivity contribution in [2.75, 3.05) is 6.54 Å². The summed E-state index contributed by atoms with van der Waals surface area (Å²) in [7, 11) is 0. The van der Waals surface area contributed by atoms with Crippen LogP contribution in [-0.2, 0) is 11.2 Å². The van der Waals surface area contributed by atoms with Crippen molar-refractivity contribution in [3.8, 4) is 0 Å². The molecule has 3 atom stereocenters. The average Bonchev–Trinajstić information content (AvgIpc) is 3.32. The third-order valence-corrected chi connectivity index (χ3v) is 6.98. The van der Waals surface area contributed by atoms with Gasteiger partial charge in [0.1, 0.15) is 0 Å². The third-order valence-electron chi connectivity index (χ3n) is 6.98. The predicted octanol–water partition coefficient (Wildman–Crippen LogP) is 3.70. The molecule has 34 heavy (non-hydrogen) atoms. The minimum atomic E-state index is -0.319. The number of aryl methyl sites for hydroxylation is 1. The Labute approximate surface area is 199 Å². The van der Waals surface area contributed by atoms with E-state index in [2.05, 4.69) is 28.1 Å². The van der Waals surface area contributed by atoms with Crippen LogP contribution in [0.3, 0.4) is 0 Å². The lowest BCUT2D eigenvalue weighted by Gasteiger charge is -2.27. The molecule has 6 heteroatoms. The molecular weight excluding hydrogens is 426 g/mol. The van der Waals surface area contributed by atoms with Gasteiger partial charge in [-0.2, -0.15) is 0 Å². The first-order valence-corrected chi connectivity index (χ1v) is 11.9. The lowest BCUT2D eigenvalue weighted by molar-refractivity contribution is -0.123. The molecule has 0 bridgehead atoms. The van der Waals surface area contributed by atoms with Crippen LogP contribution in [0.5, 0.6) is 0 Å². The number of rotatable bonds is 5. The molecule has 0 saturated carbocycles. The Hall–Kier alpha value is -3.51. The van der Waals surface area contributed by atoms with Gasteiger partial charge < -0.3 is 16.0 Å². The summed E-state index contributed by atoms with van der Waals surface area (Å²) in [5, 5.41) is 11.4. The van der Waals surface area contributed by atoms with Gasteiger partial charge in [0.15, 0.2) is 5.78 Å². The van der Waals surface area contributed by atoms with Crippen molar-refractivity contribution in [3.63, 3.8) is 0 Å². The van der Waals surface area contributed by atoms with Crippen molar-refractivity contribution < 1.29 is 14.4 Å². The third kappa shape index (κ3) is 4.59. The predicted molar refractivity (Wildman–Crippen MR) is 132 cm³/mol. The van der Waals surface area contributed by atoms with Gasteiger partial charge in [-0.05, 0) is 72.7 Å². The number of fused-ring (bicyclic) bond motifs is 2. The van der Waals surface area contributed by atoms with Gasteiger partial charge in [-0.25, -0.2) is 0 Å². The van der Waals surface area contributed by atoms with Gasteiger partial charge in [0.2, 0.25) is 5.91 Å². The van der Waals surface area contributed by atoms with E-state index in [4.69, 9.17) is 0 Å². The molecule has 1 heterocycles. The summed E-state index contributed by atoms with van der Waals surface area (Å²) in [4.78, 5) is 37.4. The topological polar surface area (TPSA) is 87.3 Å². The van der Waals surface area contributed by atoms with Crippen LogP contribution in [0.15, 0.2) is 60.7 Å². The zero-order valence-electron chi connectivity index (χ0n) is 19.3. The van der Waals surface area contributed by atoms with E-state index in [0.29, 0.717) is 24.1 Å². The van der Waals surface area contributed by atoms with Crippen LogP contribution in [-0.4, -0.2) is 36.2 Å². The normalized spacial score (nSPS) is 21.6. The Balaban J connectivity index is 1.19. The van der Waals surface area contributed by atoms with E-state index in [9.17, 15) is 14.4 Å².